The van der Waals surface area contributed by atoms with E-state index < -0.39 is 5.82 Å². The standard InChI is InChI=1S/C16H19FN2O2/c17-14-3-4-15(13(10-14)2-1-7-18)16(21)19-8-5-12(11-20)6-9-19/h3-4,10,12,20H,5-9,11,18H2. The summed E-state index contributed by atoms with van der Waals surface area (Å²) < 4.78 is 13.3. The number of carbonyl (C=O) groups is 1. The van der Waals surface area contributed by atoms with E-state index in [9.17, 15) is 9.18 Å². The van der Waals surface area contributed by atoms with Crippen LogP contribution < -0.4 is 5.73 Å². The molecule has 1 saturated heterocycles. The number of benzene rings is 1. The molecule has 2 rings (SSSR count). The fourth-order valence-electron chi connectivity index (χ4n) is 2.44. The first-order valence-corrected chi connectivity index (χ1v) is 7.04. The van der Waals surface area contributed by atoms with E-state index in [1.165, 1.54) is 18.2 Å². The summed E-state index contributed by atoms with van der Waals surface area (Å²) in [6, 6.07) is 3.99. The highest BCUT2D eigenvalue weighted by molar-refractivity contribution is 5.96. The molecule has 0 aromatic heterocycles. The average Bonchev–Trinajstić information content (AvgIpc) is 2.52. The van der Waals surface area contributed by atoms with Crippen molar-refractivity contribution in [1.82, 2.24) is 4.90 Å². The molecule has 0 bridgehead atoms. The third kappa shape index (κ3) is 3.81. The van der Waals surface area contributed by atoms with Gasteiger partial charge >= 0.3 is 0 Å². The third-order valence-electron chi connectivity index (χ3n) is 3.70. The van der Waals surface area contributed by atoms with E-state index in [1.54, 1.807) is 4.90 Å². The molecule has 1 heterocycles. The van der Waals surface area contributed by atoms with Crippen LogP contribution in [-0.2, 0) is 0 Å². The van der Waals surface area contributed by atoms with Crippen LogP contribution in [0.3, 0.4) is 0 Å². The molecule has 0 saturated carbocycles. The predicted molar refractivity (Wildman–Crippen MR) is 78.0 cm³/mol. The summed E-state index contributed by atoms with van der Waals surface area (Å²) >= 11 is 0. The summed E-state index contributed by atoms with van der Waals surface area (Å²) in [6.45, 7) is 1.52. The van der Waals surface area contributed by atoms with Crippen LogP contribution in [0.4, 0.5) is 4.39 Å². The highest BCUT2D eigenvalue weighted by Crippen LogP contribution is 2.20. The zero-order chi connectivity index (χ0) is 15.2. The maximum Gasteiger partial charge on any atom is 0.255 e. The van der Waals surface area contributed by atoms with Crippen molar-refractivity contribution >= 4 is 5.91 Å². The van der Waals surface area contributed by atoms with Gasteiger partial charge in [-0.2, -0.15) is 0 Å². The van der Waals surface area contributed by atoms with Crippen molar-refractivity contribution in [3.8, 4) is 11.8 Å². The number of piperidine rings is 1. The van der Waals surface area contributed by atoms with Crippen molar-refractivity contribution in [2.24, 2.45) is 11.7 Å². The van der Waals surface area contributed by atoms with Crippen molar-refractivity contribution in [3.63, 3.8) is 0 Å². The van der Waals surface area contributed by atoms with Gasteiger partial charge < -0.3 is 15.7 Å². The lowest BCUT2D eigenvalue weighted by Gasteiger charge is -2.31. The van der Waals surface area contributed by atoms with E-state index in [4.69, 9.17) is 10.8 Å². The van der Waals surface area contributed by atoms with Gasteiger partial charge in [-0.1, -0.05) is 11.8 Å². The first-order valence-electron chi connectivity index (χ1n) is 7.04. The molecule has 0 spiro atoms. The van der Waals surface area contributed by atoms with E-state index in [0.29, 0.717) is 24.2 Å². The SMILES string of the molecule is NCC#Cc1cc(F)ccc1C(=O)N1CCC(CO)CC1. The minimum atomic E-state index is -0.424. The lowest BCUT2D eigenvalue weighted by Crippen LogP contribution is -2.39. The molecule has 3 N–H and O–H groups in total. The van der Waals surface area contributed by atoms with Crippen LogP contribution in [0, 0.1) is 23.6 Å². The second-order valence-corrected chi connectivity index (χ2v) is 5.11. The average molecular weight is 290 g/mol. The molecular formula is C16H19FN2O2. The number of nitrogens with zero attached hydrogens (tertiary/aromatic N) is 1. The number of amides is 1. The molecule has 5 heteroatoms. The molecular weight excluding hydrogens is 271 g/mol. The molecule has 0 radical (unpaired) electrons. The predicted octanol–water partition coefficient (Wildman–Crippen LogP) is 0.980. The number of hydrogen-bond donors (Lipinski definition) is 2. The Morgan fingerprint density at radius 3 is 2.76 bits per heavy atom. The van der Waals surface area contributed by atoms with Gasteiger partial charge in [0.15, 0.2) is 0 Å². The summed E-state index contributed by atoms with van der Waals surface area (Å²) in [5.74, 6) is 5.10. The van der Waals surface area contributed by atoms with Gasteiger partial charge in [0.2, 0.25) is 0 Å². The minimum absolute atomic E-state index is 0.146. The van der Waals surface area contributed by atoms with Crippen LogP contribution in [0.5, 0.6) is 0 Å². The van der Waals surface area contributed by atoms with Gasteiger partial charge in [0.1, 0.15) is 5.82 Å². The van der Waals surface area contributed by atoms with Gasteiger partial charge in [0.05, 0.1) is 12.1 Å². The van der Waals surface area contributed by atoms with E-state index in [0.717, 1.165) is 12.8 Å². The van der Waals surface area contributed by atoms with Gasteiger partial charge in [-0.05, 0) is 37.0 Å². The van der Waals surface area contributed by atoms with Crippen molar-refractivity contribution in [3.05, 3.63) is 35.1 Å². The second kappa shape index (κ2) is 7.21. The lowest BCUT2D eigenvalue weighted by molar-refractivity contribution is 0.0650. The third-order valence-corrected chi connectivity index (χ3v) is 3.70. The zero-order valence-corrected chi connectivity index (χ0v) is 11.8. The van der Waals surface area contributed by atoms with Gasteiger partial charge in [0.25, 0.3) is 5.91 Å². The van der Waals surface area contributed by atoms with E-state index in [2.05, 4.69) is 11.8 Å². The Bertz CT molecular complexity index is 569. The molecule has 1 amide bonds. The van der Waals surface area contributed by atoms with Crippen molar-refractivity contribution in [1.29, 1.82) is 0 Å². The Hall–Kier alpha value is -1.90. The monoisotopic (exact) mass is 290 g/mol. The number of nitrogens with two attached hydrogens (primary N) is 1. The highest BCUT2D eigenvalue weighted by atomic mass is 19.1. The fraction of sp³-hybridized carbons (Fsp3) is 0.438. The first-order chi connectivity index (χ1) is 10.2. The Balaban J connectivity index is 2.19. The topological polar surface area (TPSA) is 66.6 Å². The zero-order valence-electron chi connectivity index (χ0n) is 11.8. The van der Waals surface area contributed by atoms with E-state index in [1.807, 2.05) is 0 Å². The summed E-state index contributed by atoms with van der Waals surface area (Å²) in [5.41, 5.74) is 6.10. The molecule has 1 aromatic rings. The van der Waals surface area contributed by atoms with Crippen molar-refractivity contribution in [2.75, 3.05) is 26.2 Å². The van der Waals surface area contributed by atoms with Gasteiger partial charge in [-0.25, -0.2) is 4.39 Å². The molecule has 0 unspecified atom stereocenters. The Labute approximate surface area is 123 Å². The molecule has 4 nitrogen and oxygen atoms in total. The summed E-state index contributed by atoms with van der Waals surface area (Å²) in [4.78, 5) is 14.3. The smallest absolute Gasteiger partial charge is 0.255 e. The number of likely N-dealkylation sites (tertiary alicyclic amines) is 1. The number of halogens is 1. The second-order valence-electron chi connectivity index (χ2n) is 5.11. The number of carbonyl (C=O) groups excluding carboxylic acids is 1. The van der Waals surface area contributed by atoms with Crippen LogP contribution in [0.25, 0.3) is 0 Å². The lowest BCUT2D eigenvalue weighted by atomic mass is 9.96. The molecule has 1 aliphatic rings. The van der Waals surface area contributed by atoms with Crippen LogP contribution in [-0.4, -0.2) is 42.2 Å². The molecule has 1 aromatic carbocycles. The van der Waals surface area contributed by atoms with Crippen molar-refractivity contribution in [2.45, 2.75) is 12.8 Å². The highest BCUT2D eigenvalue weighted by Gasteiger charge is 2.24. The van der Waals surface area contributed by atoms with E-state index >= 15 is 0 Å². The molecule has 112 valence electrons. The van der Waals surface area contributed by atoms with Crippen molar-refractivity contribution < 1.29 is 14.3 Å². The van der Waals surface area contributed by atoms with Crippen LogP contribution in [0.1, 0.15) is 28.8 Å². The van der Waals surface area contributed by atoms with Gasteiger partial charge in [-0.3, -0.25) is 4.79 Å². The quantitative estimate of drug-likeness (QED) is 0.798. The largest absolute Gasteiger partial charge is 0.396 e. The maximum absolute atomic E-state index is 13.3. The van der Waals surface area contributed by atoms with E-state index in [-0.39, 0.29) is 25.0 Å². The molecule has 0 aliphatic carbocycles. The number of rotatable bonds is 2. The van der Waals surface area contributed by atoms with Crippen LogP contribution >= 0.6 is 0 Å². The Morgan fingerprint density at radius 1 is 1.43 bits per heavy atom. The summed E-state index contributed by atoms with van der Waals surface area (Å²) in [6.07, 6.45) is 1.57. The number of hydrogen-bond acceptors (Lipinski definition) is 3. The van der Waals surface area contributed by atoms with Crippen LogP contribution in [0.15, 0.2) is 18.2 Å². The van der Waals surface area contributed by atoms with Gasteiger partial charge in [0, 0.05) is 25.3 Å². The Kier molecular flexibility index (Phi) is 5.32. The molecule has 21 heavy (non-hydrogen) atoms. The Morgan fingerprint density at radius 2 is 2.14 bits per heavy atom. The number of aliphatic hydroxyl groups is 1. The molecule has 0 atom stereocenters. The number of aliphatic hydroxyl groups excluding tert-OH is 1. The van der Waals surface area contributed by atoms with Crippen LogP contribution in [0.2, 0.25) is 0 Å². The molecule has 1 aliphatic heterocycles. The first kappa shape index (κ1) is 15.5. The fourth-order valence-corrected chi connectivity index (χ4v) is 2.44. The summed E-state index contributed by atoms with van der Waals surface area (Å²) in [7, 11) is 0. The normalized spacial score (nSPS) is 15.5. The van der Waals surface area contributed by atoms with Gasteiger partial charge in [-0.15, -0.1) is 0 Å². The summed E-state index contributed by atoms with van der Waals surface area (Å²) in [5, 5.41) is 9.13. The molecule has 1 fully saturated rings. The maximum atomic E-state index is 13.3. The minimum Gasteiger partial charge on any atom is -0.396 e.